The van der Waals surface area contributed by atoms with E-state index in [-0.39, 0.29) is 9.09 Å². The van der Waals surface area contributed by atoms with E-state index in [0.717, 1.165) is 11.3 Å². The van der Waals surface area contributed by atoms with Crippen molar-refractivity contribution in [2.24, 2.45) is 0 Å². The number of nitrogens with one attached hydrogen (secondary N) is 2. The Morgan fingerprint density at radius 2 is 2.11 bits per heavy atom. The van der Waals surface area contributed by atoms with Gasteiger partial charge in [0.25, 0.3) is 0 Å². The summed E-state index contributed by atoms with van der Waals surface area (Å²) in [6.07, 6.45) is 0.672. The predicted octanol–water partition coefficient (Wildman–Crippen LogP) is 0.643. The van der Waals surface area contributed by atoms with Crippen LogP contribution in [0.4, 0.5) is 0 Å². The first-order valence-electron chi connectivity index (χ1n) is 5.36. The lowest BCUT2D eigenvalue weighted by Gasteiger charge is -2.03. The van der Waals surface area contributed by atoms with Crippen LogP contribution in [0.15, 0.2) is 10.3 Å². The van der Waals surface area contributed by atoms with Crippen molar-refractivity contribution in [1.82, 2.24) is 10.0 Å². The zero-order chi connectivity index (χ0) is 13.8. The standard InChI is InChI=1S/C10H16N2O4S2/c1-7-6-8(17-9(7)10(13)14)18(15,16)12-5-3-4-11-2/h6,11-12H,3-5H2,1-2H3,(H,13,14). The van der Waals surface area contributed by atoms with Gasteiger partial charge < -0.3 is 10.4 Å². The fraction of sp³-hybridized carbons (Fsp3) is 0.500. The van der Waals surface area contributed by atoms with Gasteiger partial charge in [-0.2, -0.15) is 0 Å². The van der Waals surface area contributed by atoms with Gasteiger partial charge in [-0.15, -0.1) is 11.3 Å². The van der Waals surface area contributed by atoms with Crippen molar-refractivity contribution in [1.29, 1.82) is 0 Å². The number of thiophene rings is 1. The highest BCUT2D eigenvalue weighted by Gasteiger charge is 2.21. The van der Waals surface area contributed by atoms with Crippen LogP contribution in [-0.2, 0) is 10.0 Å². The Bertz CT molecular complexity index is 522. The second-order valence-electron chi connectivity index (χ2n) is 3.74. The zero-order valence-electron chi connectivity index (χ0n) is 10.2. The second-order valence-corrected chi connectivity index (χ2v) is 6.78. The van der Waals surface area contributed by atoms with Crippen molar-refractivity contribution in [2.75, 3.05) is 20.1 Å². The SMILES string of the molecule is CNCCCNS(=O)(=O)c1cc(C)c(C(=O)O)s1. The monoisotopic (exact) mass is 292 g/mol. The molecule has 0 spiro atoms. The van der Waals surface area contributed by atoms with Crippen LogP contribution in [-0.4, -0.2) is 39.6 Å². The summed E-state index contributed by atoms with van der Waals surface area (Å²) in [6.45, 7) is 2.62. The maximum Gasteiger partial charge on any atom is 0.346 e. The molecule has 0 amide bonds. The lowest BCUT2D eigenvalue weighted by molar-refractivity contribution is 0.0701. The van der Waals surface area contributed by atoms with Gasteiger partial charge in [0, 0.05) is 6.54 Å². The summed E-state index contributed by atoms with van der Waals surface area (Å²) < 4.78 is 26.2. The van der Waals surface area contributed by atoms with E-state index >= 15 is 0 Å². The van der Waals surface area contributed by atoms with E-state index in [1.807, 2.05) is 0 Å². The average molecular weight is 292 g/mol. The van der Waals surface area contributed by atoms with Crippen LogP contribution in [0.1, 0.15) is 21.7 Å². The van der Waals surface area contributed by atoms with Crippen molar-refractivity contribution >= 4 is 27.3 Å². The average Bonchev–Trinajstić information content (AvgIpc) is 2.68. The first-order chi connectivity index (χ1) is 8.38. The summed E-state index contributed by atoms with van der Waals surface area (Å²) in [7, 11) is -1.81. The molecule has 18 heavy (non-hydrogen) atoms. The third-order valence-corrected chi connectivity index (χ3v) is 5.41. The van der Waals surface area contributed by atoms with Gasteiger partial charge in [-0.3, -0.25) is 0 Å². The number of hydrogen-bond acceptors (Lipinski definition) is 5. The summed E-state index contributed by atoms with van der Waals surface area (Å²) in [6, 6.07) is 1.38. The number of rotatable bonds is 7. The lowest BCUT2D eigenvalue weighted by Crippen LogP contribution is -2.26. The molecule has 1 heterocycles. The van der Waals surface area contributed by atoms with Crippen LogP contribution in [0.3, 0.4) is 0 Å². The topological polar surface area (TPSA) is 95.5 Å². The van der Waals surface area contributed by atoms with E-state index < -0.39 is 16.0 Å². The third-order valence-electron chi connectivity index (χ3n) is 2.25. The van der Waals surface area contributed by atoms with E-state index in [2.05, 4.69) is 10.0 Å². The fourth-order valence-corrected chi connectivity index (χ4v) is 3.84. The normalized spacial score (nSPS) is 11.7. The first kappa shape index (κ1) is 15.1. The van der Waals surface area contributed by atoms with Crippen LogP contribution >= 0.6 is 11.3 Å². The Labute approximate surface area is 110 Å². The molecule has 0 saturated carbocycles. The van der Waals surface area contributed by atoms with Gasteiger partial charge >= 0.3 is 5.97 Å². The van der Waals surface area contributed by atoms with Crippen molar-refractivity contribution in [3.05, 3.63) is 16.5 Å². The van der Waals surface area contributed by atoms with Gasteiger partial charge in [0.1, 0.15) is 9.09 Å². The molecule has 0 aliphatic carbocycles. The summed E-state index contributed by atoms with van der Waals surface area (Å²) in [5.74, 6) is -1.10. The minimum Gasteiger partial charge on any atom is -0.477 e. The molecule has 0 aliphatic heterocycles. The number of carboxylic acids is 1. The van der Waals surface area contributed by atoms with Gasteiger partial charge in [0.2, 0.25) is 10.0 Å². The largest absolute Gasteiger partial charge is 0.477 e. The summed E-state index contributed by atoms with van der Waals surface area (Å²) >= 11 is 0.773. The highest BCUT2D eigenvalue weighted by atomic mass is 32.2. The summed E-state index contributed by atoms with van der Waals surface area (Å²) in [4.78, 5) is 10.9. The molecule has 0 radical (unpaired) electrons. The predicted molar refractivity (Wildman–Crippen MR) is 69.7 cm³/mol. The maximum absolute atomic E-state index is 11.9. The number of aromatic carboxylic acids is 1. The highest BCUT2D eigenvalue weighted by Crippen LogP contribution is 2.25. The molecule has 0 atom stereocenters. The first-order valence-corrected chi connectivity index (χ1v) is 7.66. The molecule has 6 nitrogen and oxygen atoms in total. The fourth-order valence-electron chi connectivity index (χ4n) is 1.34. The number of carbonyl (C=O) groups is 1. The van der Waals surface area contributed by atoms with Gasteiger partial charge in [-0.05, 0) is 38.6 Å². The van der Waals surface area contributed by atoms with Crippen molar-refractivity contribution in [3.8, 4) is 0 Å². The molecule has 0 bridgehead atoms. The number of carboxylic acid groups (broad SMARTS) is 1. The Morgan fingerprint density at radius 3 is 2.61 bits per heavy atom. The molecule has 1 rings (SSSR count). The summed E-state index contributed by atoms with van der Waals surface area (Å²) in [5.41, 5.74) is 0.461. The van der Waals surface area contributed by atoms with E-state index in [9.17, 15) is 13.2 Å². The highest BCUT2D eigenvalue weighted by molar-refractivity contribution is 7.91. The number of aryl methyl sites for hydroxylation is 1. The van der Waals surface area contributed by atoms with Crippen LogP contribution in [0.25, 0.3) is 0 Å². The molecule has 1 aromatic heterocycles. The van der Waals surface area contributed by atoms with E-state index in [0.29, 0.717) is 25.1 Å². The molecule has 8 heteroatoms. The molecular weight excluding hydrogens is 276 g/mol. The van der Waals surface area contributed by atoms with E-state index in [1.165, 1.54) is 6.07 Å². The van der Waals surface area contributed by atoms with Gasteiger partial charge in [0.05, 0.1) is 0 Å². The molecular formula is C10H16N2O4S2. The molecule has 0 fully saturated rings. The molecule has 1 aromatic rings. The zero-order valence-corrected chi connectivity index (χ0v) is 11.8. The van der Waals surface area contributed by atoms with E-state index in [4.69, 9.17) is 5.11 Å². The maximum atomic E-state index is 11.9. The molecule has 0 aromatic carbocycles. The van der Waals surface area contributed by atoms with Crippen molar-refractivity contribution in [3.63, 3.8) is 0 Å². The summed E-state index contributed by atoms with van der Waals surface area (Å²) in [5, 5.41) is 11.8. The van der Waals surface area contributed by atoms with Gasteiger partial charge in [-0.1, -0.05) is 0 Å². The van der Waals surface area contributed by atoms with Crippen molar-refractivity contribution < 1.29 is 18.3 Å². The van der Waals surface area contributed by atoms with Crippen LogP contribution in [0, 0.1) is 6.92 Å². The lowest BCUT2D eigenvalue weighted by atomic mass is 10.3. The Hall–Kier alpha value is -0.960. The van der Waals surface area contributed by atoms with Gasteiger partial charge in [0.15, 0.2) is 0 Å². The van der Waals surface area contributed by atoms with Crippen molar-refractivity contribution in [2.45, 2.75) is 17.6 Å². The number of sulfonamides is 1. The molecule has 0 saturated heterocycles. The van der Waals surface area contributed by atoms with Gasteiger partial charge in [-0.25, -0.2) is 17.9 Å². The van der Waals surface area contributed by atoms with Crippen LogP contribution < -0.4 is 10.0 Å². The van der Waals surface area contributed by atoms with E-state index in [1.54, 1.807) is 14.0 Å². The van der Waals surface area contributed by atoms with Crippen LogP contribution in [0.5, 0.6) is 0 Å². The molecule has 0 unspecified atom stereocenters. The minimum atomic E-state index is -3.60. The molecule has 0 aliphatic rings. The number of hydrogen-bond donors (Lipinski definition) is 3. The molecule has 3 N–H and O–H groups in total. The van der Waals surface area contributed by atoms with Crippen LogP contribution in [0.2, 0.25) is 0 Å². The second kappa shape index (κ2) is 6.28. The molecule has 102 valence electrons. The third kappa shape index (κ3) is 3.77. The smallest absolute Gasteiger partial charge is 0.346 e. The minimum absolute atomic E-state index is 0.0434. The quantitative estimate of drug-likeness (QED) is 0.641. The Kier molecular flexibility index (Phi) is 5.27. The Balaban J connectivity index is 2.79. The Morgan fingerprint density at radius 1 is 1.44 bits per heavy atom.